The zero-order valence-electron chi connectivity index (χ0n) is 19.1. The summed E-state index contributed by atoms with van der Waals surface area (Å²) in [5, 5.41) is 13.7. The third-order valence-electron chi connectivity index (χ3n) is 6.62. The molecule has 1 fully saturated rings. The monoisotopic (exact) mass is 437 g/mol. The number of piperidine rings is 1. The first-order valence-electron chi connectivity index (χ1n) is 10.9. The zero-order valence-corrected chi connectivity index (χ0v) is 19.1. The molecule has 1 saturated heterocycles. The molecule has 0 spiro atoms. The van der Waals surface area contributed by atoms with Crippen molar-refractivity contribution in [3.63, 3.8) is 0 Å². The highest BCUT2D eigenvalue weighted by Gasteiger charge is 2.31. The molecular formula is C25H31N3O4. The molecule has 0 saturated carbocycles. The number of aromatic carboxylic acids is 1. The Kier molecular flexibility index (Phi) is 6.39. The average Bonchev–Trinajstić information content (AvgIpc) is 3.31. The molecule has 32 heavy (non-hydrogen) atoms. The quantitative estimate of drug-likeness (QED) is 0.502. The minimum Gasteiger partial charge on any atom is -0.496 e. The van der Waals surface area contributed by atoms with Crippen LogP contribution in [0.2, 0.25) is 0 Å². The molecular weight excluding hydrogens is 406 g/mol. The van der Waals surface area contributed by atoms with Gasteiger partial charge < -0.3 is 24.9 Å². The molecule has 2 aromatic carbocycles. The van der Waals surface area contributed by atoms with Gasteiger partial charge >= 0.3 is 5.97 Å². The summed E-state index contributed by atoms with van der Waals surface area (Å²) in [6.45, 7) is 3.69. The van der Waals surface area contributed by atoms with Crippen LogP contribution in [0.15, 0.2) is 36.5 Å². The predicted molar refractivity (Wildman–Crippen MR) is 126 cm³/mol. The van der Waals surface area contributed by atoms with Crippen molar-refractivity contribution in [1.82, 2.24) is 9.88 Å². The van der Waals surface area contributed by atoms with Gasteiger partial charge in [-0.25, -0.2) is 4.79 Å². The number of methoxy groups -OCH3 is 2. The first-order chi connectivity index (χ1) is 15.5. The first-order valence-corrected chi connectivity index (χ1v) is 10.9. The summed E-state index contributed by atoms with van der Waals surface area (Å²) in [6.07, 6.45) is 3.93. The molecule has 2 atom stereocenters. The summed E-state index contributed by atoms with van der Waals surface area (Å²) < 4.78 is 11.5. The highest BCUT2D eigenvalue weighted by molar-refractivity contribution is 5.94. The number of carbonyl (C=O) groups is 1. The SMILES string of the molecule is CNc1cc([C@H]2CC(OC)CCN2Cc2c(OC)cc(C)c3[nH]ccc23)ccc1C(=O)O. The maximum Gasteiger partial charge on any atom is 0.337 e. The Balaban J connectivity index is 1.74. The van der Waals surface area contributed by atoms with E-state index >= 15 is 0 Å². The number of hydrogen-bond donors (Lipinski definition) is 3. The molecule has 0 aliphatic carbocycles. The van der Waals surface area contributed by atoms with Gasteiger partial charge in [0.15, 0.2) is 0 Å². The number of nitrogens with zero attached hydrogens (tertiary/aromatic N) is 1. The normalized spacial score (nSPS) is 19.2. The molecule has 7 nitrogen and oxygen atoms in total. The third-order valence-corrected chi connectivity index (χ3v) is 6.62. The molecule has 1 aromatic heterocycles. The fourth-order valence-corrected chi connectivity index (χ4v) is 4.88. The molecule has 3 N–H and O–H groups in total. The van der Waals surface area contributed by atoms with Gasteiger partial charge in [-0.2, -0.15) is 0 Å². The largest absolute Gasteiger partial charge is 0.496 e. The van der Waals surface area contributed by atoms with Crippen molar-refractivity contribution >= 4 is 22.6 Å². The second-order valence-electron chi connectivity index (χ2n) is 8.37. The van der Waals surface area contributed by atoms with E-state index in [9.17, 15) is 9.90 Å². The van der Waals surface area contributed by atoms with Crippen LogP contribution < -0.4 is 10.1 Å². The Hall–Kier alpha value is -3.03. The lowest BCUT2D eigenvalue weighted by molar-refractivity contribution is 0.00676. The van der Waals surface area contributed by atoms with Crippen LogP contribution in [-0.2, 0) is 11.3 Å². The van der Waals surface area contributed by atoms with Crippen molar-refractivity contribution in [3.05, 3.63) is 58.8 Å². The summed E-state index contributed by atoms with van der Waals surface area (Å²) in [5.74, 6) is -0.0465. The molecule has 170 valence electrons. The van der Waals surface area contributed by atoms with E-state index in [-0.39, 0.29) is 17.7 Å². The predicted octanol–water partition coefficient (Wildman–Crippen LogP) is 4.58. The third kappa shape index (κ3) is 4.06. The fraction of sp³-hybridized carbons (Fsp3) is 0.400. The van der Waals surface area contributed by atoms with Crippen LogP contribution in [0.1, 0.15) is 45.9 Å². The Bertz CT molecular complexity index is 1120. The fourth-order valence-electron chi connectivity index (χ4n) is 4.88. The average molecular weight is 438 g/mol. The summed E-state index contributed by atoms with van der Waals surface area (Å²) >= 11 is 0. The minimum absolute atomic E-state index is 0.101. The summed E-state index contributed by atoms with van der Waals surface area (Å²) in [4.78, 5) is 17.4. The standard InChI is InChI=1S/C25H31N3O4/c1-15-11-23(32-4)20(18-7-9-27-24(15)18)14-28-10-8-17(31-3)13-22(28)16-5-6-19(25(29)30)21(12-16)26-2/h5-7,9,11-12,17,22,26-27H,8,10,13-14H2,1-4H3,(H,29,30)/t17?,22-/m1/s1. The lowest BCUT2D eigenvalue weighted by atomic mass is 9.91. The van der Waals surface area contributed by atoms with Gasteiger partial charge in [-0.05, 0) is 55.2 Å². The van der Waals surface area contributed by atoms with E-state index < -0.39 is 5.97 Å². The number of anilines is 1. The molecule has 7 heteroatoms. The maximum atomic E-state index is 11.6. The van der Waals surface area contributed by atoms with E-state index in [2.05, 4.69) is 34.3 Å². The van der Waals surface area contributed by atoms with Crippen LogP contribution in [0, 0.1) is 6.92 Å². The lowest BCUT2D eigenvalue weighted by Crippen LogP contribution is -2.39. The van der Waals surface area contributed by atoms with Crippen molar-refractivity contribution in [2.45, 2.75) is 38.5 Å². The van der Waals surface area contributed by atoms with Gasteiger partial charge in [0, 0.05) is 61.6 Å². The van der Waals surface area contributed by atoms with Gasteiger partial charge in [0.1, 0.15) is 5.75 Å². The number of aryl methyl sites for hydroxylation is 1. The van der Waals surface area contributed by atoms with E-state index in [1.807, 2.05) is 18.3 Å². The van der Waals surface area contributed by atoms with Crippen LogP contribution in [0.4, 0.5) is 5.69 Å². The highest BCUT2D eigenvalue weighted by Crippen LogP contribution is 2.38. The molecule has 4 rings (SSSR count). The summed E-state index contributed by atoms with van der Waals surface area (Å²) in [6, 6.07) is 9.87. The van der Waals surface area contributed by atoms with E-state index in [0.717, 1.165) is 53.9 Å². The van der Waals surface area contributed by atoms with E-state index in [0.29, 0.717) is 5.69 Å². The Morgan fingerprint density at radius 2 is 2.09 bits per heavy atom. The lowest BCUT2D eigenvalue weighted by Gasteiger charge is -2.40. The topological polar surface area (TPSA) is 86.8 Å². The van der Waals surface area contributed by atoms with Gasteiger partial charge in [-0.15, -0.1) is 0 Å². The molecule has 0 amide bonds. The molecule has 0 radical (unpaired) electrons. The molecule has 3 aromatic rings. The second kappa shape index (κ2) is 9.22. The number of carboxylic acids is 1. The number of aromatic nitrogens is 1. The minimum atomic E-state index is -0.935. The van der Waals surface area contributed by atoms with Gasteiger partial charge in [0.2, 0.25) is 0 Å². The molecule has 0 bridgehead atoms. The van der Waals surface area contributed by atoms with Crippen molar-refractivity contribution < 1.29 is 19.4 Å². The number of fused-ring (bicyclic) bond motifs is 1. The first kappa shape index (κ1) is 22.2. The number of rotatable bonds is 7. The van der Waals surface area contributed by atoms with Crippen molar-refractivity contribution in [1.29, 1.82) is 0 Å². The van der Waals surface area contributed by atoms with Crippen molar-refractivity contribution in [3.8, 4) is 5.75 Å². The van der Waals surface area contributed by atoms with Crippen molar-refractivity contribution in [2.75, 3.05) is 33.1 Å². The number of likely N-dealkylation sites (tertiary alicyclic amines) is 1. The number of hydrogen-bond acceptors (Lipinski definition) is 5. The second-order valence-corrected chi connectivity index (χ2v) is 8.37. The number of nitrogens with one attached hydrogen (secondary N) is 2. The smallest absolute Gasteiger partial charge is 0.337 e. The zero-order chi connectivity index (χ0) is 22.8. The van der Waals surface area contributed by atoms with Crippen molar-refractivity contribution in [2.24, 2.45) is 0 Å². The van der Waals surface area contributed by atoms with Crippen LogP contribution in [0.5, 0.6) is 5.75 Å². The molecule has 1 aliphatic heterocycles. The van der Waals surface area contributed by atoms with Gasteiger partial charge in [-0.1, -0.05) is 6.07 Å². The maximum absolute atomic E-state index is 11.6. The highest BCUT2D eigenvalue weighted by atomic mass is 16.5. The molecule has 1 unspecified atom stereocenters. The van der Waals surface area contributed by atoms with Crippen LogP contribution in [-0.4, -0.2) is 54.9 Å². The van der Waals surface area contributed by atoms with Crippen LogP contribution >= 0.6 is 0 Å². The summed E-state index contributed by atoms with van der Waals surface area (Å²) in [5.41, 5.74) is 5.42. The Morgan fingerprint density at radius 3 is 2.78 bits per heavy atom. The van der Waals surface area contributed by atoms with E-state index in [4.69, 9.17) is 9.47 Å². The Labute approximate surface area is 188 Å². The molecule has 1 aliphatic rings. The Morgan fingerprint density at radius 1 is 1.28 bits per heavy atom. The number of carboxylic acid groups (broad SMARTS) is 1. The number of H-pyrrole nitrogens is 1. The van der Waals surface area contributed by atoms with Gasteiger partial charge in [-0.3, -0.25) is 4.90 Å². The molecule has 2 heterocycles. The van der Waals surface area contributed by atoms with Gasteiger partial charge in [0.05, 0.1) is 18.8 Å². The summed E-state index contributed by atoms with van der Waals surface area (Å²) in [7, 11) is 5.23. The van der Waals surface area contributed by atoms with E-state index in [1.54, 1.807) is 27.3 Å². The number of ether oxygens (including phenoxy) is 2. The van der Waals surface area contributed by atoms with Gasteiger partial charge in [0.25, 0.3) is 0 Å². The van der Waals surface area contributed by atoms with Crippen LogP contribution in [0.3, 0.4) is 0 Å². The van der Waals surface area contributed by atoms with Crippen LogP contribution in [0.25, 0.3) is 10.9 Å². The van der Waals surface area contributed by atoms with E-state index in [1.165, 1.54) is 5.39 Å². The number of aromatic amines is 1. The number of benzene rings is 2.